The highest BCUT2D eigenvalue weighted by Crippen LogP contribution is 2.25. The molecule has 6 heteroatoms. The minimum absolute atomic E-state index is 0.362. The molecule has 1 heterocycles. The SMILES string of the molecule is CCCNS(=O)(=O)c1cc(CN)sc1C. The second kappa shape index (κ2) is 5.07. The lowest BCUT2D eigenvalue weighted by atomic mass is 10.4. The third-order valence-electron chi connectivity index (χ3n) is 1.96. The van der Waals surface area contributed by atoms with Gasteiger partial charge in [0.1, 0.15) is 0 Å². The van der Waals surface area contributed by atoms with E-state index in [1.807, 2.05) is 6.92 Å². The van der Waals surface area contributed by atoms with E-state index in [1.165, 1.54) is 11.3 Å². The molecular formula is C9H16N2O2S2. The van der Waals surface area contributed by atoms with Crippen molar-refractivity contribution >= 4 is 21.4 Å². The van der Waals surface area contributed by atoms with Gasteiger partial charge in [0, 0.05) is 22.8 Å². The first-order valence-electron chi connectivity index (χ1n) is 4.80. The molecule has 1 aromatic rings. The molecule has 0 aliphatic carbocycles. The molecule has 0 saturated heterocycles. The van der Waals surface area contributed by atoms with Crippen LogP contribution in [0.4, 0.5) is 0 Å². The molecule has 0 saturated carbocycles. The molecule has 0 atom stereocenters. The summed E-state index contributed by atoms with van der Waals surface area (Å²) in [4.78, 5) is 2.05. The zero-order valence-electron chi connectivity index (χ0n) is 8.91. The van der Waals surface area contributed by atoms with Crippen molar-refractivity contribution in [3.8, 4) is 0 Å². The quantitative estimate of drug-likeness (QED) is 0.822. The van der Waals surface area contributed by atoms with Crippen molar-refractivity contribution < 1.29 is 8.42 Å². The Labute approximate surface area is 94.5 Å². The van der Waals surface area contributed by atoms with Gasteiger partial charge in [0.2, 0.25) is 10.0 Å². The summed E-state index contributed by atoms with van der Waals surface area (Å²) in [7, 11) is -3.34. The van der Waals surface area contributed by atoms with E-state index < -0.39 is 10.0 Å². The van der Waals surface area contributed by atoms with Crippen LogP contribution in [0.2, 0.25) is 0 Å². The van der Waals surface area contributed by atoms with Crippen LogP contribution in [0.15, 0.2) is 11.0 Å². The Kier molecular flexibility index (Phi) is 4.27. The molecule has 0 radical (unpaired) electrons. The molecule has 1 aromatic heterocycles. The Morgan fingerprint density at radius 1 is 1.53 bits per heavy atom. The lowest BCUT2D eigenvalue weighted by molar-refractivity contribution is 0.580. The summed E-state index contributed by atoms with van der Waals surface area (Å²) in [6, 6.07) is 1.65. The lowest BCUT2D eigenvalue weighted by Crippen LogP contribution is -2.24. The number of aryl methyl sites for hydroxylation is 1. The molecule has 0 aliphatic rings. The molecule has 0 amide bonds. The van der Waals surface area contributed by atoms with Gasteiger partial charge in [-0.05, 0) is 19.4 Å². The second-order valence-corrected chi connectivity index (χ2v) is 6.31. The van der Waals surface area contributed by atoms with Crippen LogP contribution in [-0.2, 0) is 16.6 Å². The number of thiophene rings is 1. The fraction of sp³-hybridized carbons (Fsp3) is 0.556. The molecule has 4 nitrogen and oxygen atoms in total. The van der Waals surface area contributed by atoms with Gasteiger partial charge in [0.05, 0.1) is 4.90 Å². The Balaban J connectivity index is 2.99. The highest BCUT2D eigenvalue weighted by atomic mass is 32.2. The van der Waals surface area contributed by atoms with Crippen molar-refractivity contribution in [2.45, 2.75) is 31.7 Å². The summed E-state index contributed by atoms with van der Waals surface area (Å²) >= 11 is 1.43. The first kappa shape index (κ1) is 12.6. The topological polar surface area (TPSA) is 72.2 Å². The van der Waals surface area contributed by atoms with Crippen molar-refractivity contribution in [3.63, 3.8) is 0 Å². The van der Waals surface area contributed by atoms with Crippen LogP contribution >= 0.6 is 11.3 Å². The zero-order chi connectivity index (χ0) is 11.5. The Bertz CT molecular complexity index is 423. The van der Waals surface area contributed by atoms with Gasteiger partial charge < -0.3 is 5.73 Å². The minimum atomic E-state index is -3.34. The summed E-state index contributed by atoms with van der Waals surface area (Å²) in [5.74, 6) is 0. The van der Waals surface area contributed by atoms with Crippen LogP contribution < -0.4 is 10.5 Å². The average molecular weight is 248 g/mol. The number of hydrogen-bond donors (Lipinski definition) is 2. The highest BCUT2D eigenvalue weighted by molar-refractivity contribution is 7.89. The van der Waals surface area contributed by atoms with E-state index in [-0.39, 0.29) is 0 Å². The third-order valence-corrected chi connectivity index (χ3v) is 4.75. The molecular weight excluding hydrogens is 232 g/mol. The van der Waals surface area contributed by atoms with E-state index in [0.29, 0.717) is 18.0 Å². The molecule has 15 heavy (non-hydrogen) atoms. The smallest absolute Gasteiger partial charge is 0.241 e. The molecule has 0 spiro atoms. The molecule has 3 N–H and O–H groups in total. The van der Waals surface area contributed by atoms with Gasteiger partial charge in [-0.1, -0.05) is 6.92 Å². The molecule has 0 unspecified atom stereocenters. The maximum absolute atomic E-state index is 11.8. The predicted octanol–water partition coefficient (Wildman–Crippen LogP) is 1.20. The first-order valence-corrected chi connectivity index (χ1v) is 7.10. The number of nitrogens with two attached hydrogens (primary N) is 1. The number of rotatable bonds is 5. The Morgan fingerprint density at radius 3 is 2.67 bits per heavy atom. The van der Waals surface area contributed by atoms with E-state index >= 15 is 0 Å². The fourth-order valence-corrected chi connectivity index (χ4v) is 3.85. The van der Waals surface area contributed by atoms with Crippen molar-refractivity contribution in [3.05, 3.63) is 15.8 Å². The minimum Gasteiger partial charge on any atom is -0.326 e. The molecule has 86 valence electrons. The second-order valence-electron chi connectivity index (χ2n) is 3.24. The average Bonchev–Trinajstić information content (AvgIpc) is 2.57. The van der Waals surface area contributed by atoms with Gasteiger partial charge in [-0.15, -0.1) is 11.3 Å². The van der Waals surface area contributed by atoms with Crippen LogP contribution in [0.5, 0.6) is 0 Å². The van der Waals surface area contributed by atoms with Crippen LogP contribution in [0, 0.1) is 6.92 Å². The maximum atomic E-state index is 11.8. The van der Waals surface area contributed by atoms with E-state index in [1.54, 1.807) is 13.0 Å². The molecule has 0 fully saturated rings. The van der Waals surface area contributed by atoms with E-state index in [2.05, 4.69) is 4.72 Å². The molecule has 0 aliphatic heterocycles. The van der Waals surface area contributed by atoms with Crippen LogP contribution in [-0.4, -0.2) is 15.0 Å². The largest absolute Gasteiger partial charge is 0.326 e. The normalized spacial score (nSPS) is 11.9. The summed E-state index contributed by atoms with van der Waals surface area (Å²) in [6.07, 6.45) is 0.784. The van der Waals surface area contributed by atoms with Gasteiger partial charge >= 0.3 is 0 Å². The van der Waals surface area contributed by atoms with Crippen molar-refractivity contribution in [2.24, 2.45) is 5.73 Å². The van der Waals surface area contributed by atoms with Crippen LogP contribution in [0.3, 0.4) is 0 Å². The van der Waals surface area contributed by atoms with E-state index in [9.17, 15) is 8.42 Å². The van der Waals surface area contributed by atoms with Crippen LogP contribution in [0.1, 0.15) is 23.1 Å². The van der Waals surface area contributed by atoms with Crippen LogP contribution in [0.25, 0.3) is 0 Å². The number of nitrogens with one attached hydrogen (secondary N) is 1. The predicted molar refractivity (Wildman–Crippen MR) is 62.4 cm³/mol. The standard InChI is InChI=1S/C9H16N2O2S2/c1-3-4-11-15(12,13)9-5-8(6-10)14-7(9)2/h5,11H,3-4,6,10H2,1-2H3. The molecule has 0 aromatic carbocycles. The number of hydrogen-bond acceptors (Lipinski definition) is 4. The Hall–Kier alpha value is -0.430. The molecule has 1 rings (SSSR count). The molecule has 0 bridgehead atoms. The monoisotopic (exact) mass is 248 g/mol. The zero-order valence-corrected chi connectivity index (χ0v) is 10.5. The third kappa shape index (κ3) is 3.01. The fourth-order valence-electron chi connectivity index (χ4n) is 1.21. The van der Waals surface area contributed by atoms with Gasteiger partial charge in [-0.3, -0.25) is 0 Å². The summed E-state index contributed by atoms with van der Waals surface area (Å²) in [5.41, 5.74) is 5.47. The van der Waals surface area contributed by atoms with Gasteiger partial charge in [-0.25, -0.2) is 13.1 Å². The van der Waals surface area contributed by atoms with Gasteiger partial charge in [0.15, 0.2) is 0 Å². The van der Waals surface area contributed by atoms with Crippen molar-refractivity contribution in [2.75, 3.05) is 6.54 Å². The van der Waals surface area contributed by atoms with E-state index in [4.69, 9.17) is 5.73 Å². The maximum Gasteiger partial charge on any atom is 0.241 e. The van der Waals surface area contributed by atoms with Crippen molar-refractivity contribution in [1.29, 1.82) is 0 Å². The lowest BCUT2D eigenvalue weighted by Gasteiger charge is -2.03. The summed E-state index contributed by atoms with van der Waals surface area (Å²) in [5, 5.41) is 0. The highest BCUT2D eigenvalue weighted by Gasteiger charge is 2.18. The summed E-state index contributed by atoms with van der Waals surface area (Å²) < 4.78 is 26.1. The van der Waals surface area contributed by atoms with E-state index in [0.717, 1.165) is 16.2 Å². The van der Waals surface area contributed by atoms with Crippen molar-refractivity contribution in [1.82, 2.24) is 4.72 Å². The Morgan fingerprint density at radius 2 is 2.20 bits per heavy atom. The number of sulfonamides is 1. The summed E-state index contributed by atoms with van der Waals surface area (Å²) in [6.45, 7) is 4.57. The van der Waals surface area contributed by atoms with Gasteiger partial charge in [0.25, 0.3) is 0 Å². The first-order chi connectivity index (χ1) is 7.01. The van der Waals surface area contributed by atoms with Gasteiger partial charge in [-0.2, -0.15) is 0 Å².